The second kappa shape index (κ2) is 4.31. The van der Waals surface area contributed by atoms with Crippen molar-refractivity contribution in [3.8, 4) is 0 Å². The van der Waals surface area contributed by atoms with E-state index in [0.29, 0.717) is 0 Å². The molecule has 0 unspecified atom stereocenters. The molecule has 46 valence electrons. The lowest BCUT2D eigenvalue weighted by atomic mass is 10.2. The second-order valence-electron chi connectivity index (χ2n) is 1.80. The Kier molecular flexibility index (Phi) is 4.53. The third-order valence-corrected chi connectivity index (χ3v) is 1.54. The zero-order chi connectivity index (χ0) is 5.98. The van der Waals surface area contributed by atoms with Crippen LogP contribution in [0.5, 0.6) is 0 Å². The van der Waals surface area contributed by atoms with Gasteiger partial charge >= 0.3 is 23.1 Å². The molecule has 0 spiro atoms. The Labute approximate surface area is 79.9 Å². The van der Waals surface area contributed by atoms with Crippen LogP contribution in [0.4, 0.5) is 0 Å². The number of aryl methyl sites for hydroxylation is 1. The van der Waals surface area contributed by atoms with Crippen LogP contribution in [0.3, 0.4) is 0 Å². The first-order valence-corrected chi connectivity index (χ1v) is 3.30. The Morgan fingerprint density at radius 1 is 1.11 bits per heavy atom. The summed E-state index contributed by atoms with van der Waals surface area (Å²) >= 11 is 3.35. The largest absolute Gasteiger partial charge is 0.316 e. The predicted octanol–water partition coefficient (Wildman–Crippen LogP) is 1.84. The van der Waals surface area contributed by atoms with E-state index in [1.165, 1.54) is 5.56 Å². The van der Waals surface area contributed by atoms with Gasteiger partial charge in [0.1, 0.15) is 0 Å². The minimum Gasteiger partial charge on any atom is -0.0582 e. The van der Waals surface area contributed by atoms with E-state index >= 15 is 0 Å². The van der Waals surface area contributed by atoms with E-state index in [9.17, 15) is 0 Å². The van der Waals surface area contributed by atoms with Crippen molar-refractivity contribution in [1.29, 1.82) is 0 Å². The highest BCUT2D eigenvalue weighted by Crippen LogP contribution is 2.08. The summed E-state index contributed by atoms with van der Waals surface area (Å²) in [6.07, 6.45) is 0. The summed E-state index contributed by atoms with van der Waals surface area (Å²) in [7, 11) is 0. The fourth-order valence-electron chi connectivity index (χ4n) is 0.533. The lowest BCUT2D eigenvalue weighted by Crippen LogP contribution is -1.66. The molecule has 1 rings (SSSR count). The molecule has 0 aliphatic carbocycles. The predicted molar refractivity (Wildman–Crippen MR) is 47.4 cm³/mol. The molecule has 2 heteroatoms. The van der Waals surface area contributed by atoms with Crippen molar-refractivity contribution in [2.24, 2.45) is 0 Å². The smallest absolute Gasteiger partial charge is 0.0582 e. The third-order valence-electron chi connectivity index (χ3n) is 1.01. The molecule has 0 amide bonds. The van der Waals surface area contributed by atoms with Crippen molar-refractivity contribution in [2.75, 3.05) is 0 Å². The summed E-state index contributed by atoms with van der Waals surface area (Å²) in [6, 6.07) is 8.22. The van der Waals surface area contributed by atoms with Crippen molar-refractivity contribution in [3.05, 3.63) is 34.3 Å². The normalized spacial score (nSPS) is 8.22. The molecule has 1 aromatic carbocycles. The molecule has 9 heavy (non-hydrogen) atoms. The molecule has 0 atom stereocenters. The number of rotatable bonds is 0. The Hall–Kier alpha value is 0.466. The average molecular weight is 197 g/mol. The van der Waals surface area contributed by atoms with Gasteiger partial charge in [0.05, 0.1) is 0 Å². The van der Waals surface area contributed by atoms with E-state index in [4.69, 9.17) is 0 Å². The van der Waals surface area contributed by atoms with Crippen molar-refractivity contribution in [1.82, 2.24) is 0 Å². The van der Waals surface area contributed by atoms with Crippen LogP contribution >= 0.6 is 15.9 Å². The van der Waals surface area contributed by atoms with Gasteiger partial charge in [-0.05, 0) is 19.1 Å². The van der Waals surface area contributed by atoms with Gasteiger partial charge in [0.2, 0.25) is 0 Å². The van der Waals surface area contributed by atoms with E-state index in [1.54, 1.807) is 0 Å². The van der Waals surface area contributed by atoms with E-state index in [2.05, 4.69) is 35.0 Å². The highest BCUT2D eigenvalue weighted by atomic mass is 79.9. The van der Waals surface area contributed by atoms with Crippen molar-refractivity contribution in [2.45, 2.75) is 6.92 Å². The van der Waals surface area contributed by atoms with Crippen LogP contribution in [-0.2, 0) is 0 Å². The summed E-state index contributed by atoms with van der Waals surface area (Å²) in [5, 5.41) is 0. The van der Waals surface area contributed by atoms with E-state index < -0.39 is 0 Å². The van der Waals surface area contributed by atoms with E-state index in [0.717, 1.165) is 4.47 Å². The number of hydrogen-bond acceptors (Lipinski definition) is 0. The molecule has 0 radical (unpaired) electrons. The third kappa shape index (κ3) is 3.23. The zero-order valence-electron chi connectivity index (χ0n) is 4.69. The van der Waals surface area contributed by atoms with Crippen LogP contribution < -0.4 is 0 Å². The van der Waals surface area contributed by atoms with E-state index in [-0.39, 0.29) is 23.1 Å². The summed E-state index contributed by atoms with van der Waals surface area (Å²) < 4.78 is 1.14. The van der Waals surface area contributed by atoms with Gasteiger partial charge in [-0.3, -0.25) is 0 Å². The molecule has 0 bridgehead atoms. The Morgan fingerprint density at radius 3 is 1.89 bits per heavy atom. The van der Waals surface area contributed by atoms with Gasteiger partial charge in [-0.15, -0.1) is 0 Å². The maximum absolute atomic E-state index is 3.35. The molecule has 0 aromatic heterocycles. The molecule has 0 aliphatic heterocycles. The Morgan fingerprint density at radius 2 is 1.56 bits per heavy atom. The monoisotopic (exact) mass is 196 g/mol. The number of hydrogen-bond donors (Lipinski definition) is 0. The Bertz CT molecular complexity index is 148. The second-order valence-corrected chi connectivity index (χ2v) is 2.71. The highest BCUT2D eigenvalue weighted by molar-refractivity contribution is 9.10. The van der Waals surface area contributed by atoms with Crippen LogP contribution in [0.15, 0.2) is 28.7 Å². The van der Waals surface area contributed by atoms with Gasteiger partial charge < -0.3 is 0 Å². The lowest BCUT2D eigenvalue weighted by molar-refractivity contribution is 1.46. The summed E-state index contributed by atoms with van der Waals surface area (Å²) in [6.45, 7) is 2.08. The first-order valence-electron chi connectivity index (χ1n) is 2.51. The minimum absolute atomic E-state index is 0. The quantitative estimate of drug-likeness (QED) is 0.557. The van der Waals surface area contributed by atoms with Gasteiger partial charge in [-0.25, -0.2) is 0 Å². The van der Waals surface area contributed by atoms with Gasteiger partial charge in [0.15, 0.2) is 0 Å². The molecular weight excluding hydrogens is 188 g/mol. The van der Waals surface area contributed by atoms with E-state index in [1.807, 2.05) is 12.1 Å². The van der Waals surface area contributed by atoms with Gasteiger partial charge in [0.25, 0.3) is 0 Å². The maximum atomic E-state index is 3.35. The zero-order valence-corrected chi connectivity index (χ0v) is 6.27. The number of halogens is 1. The first-order chi connectivity index (χ1) is 3.79. The molecule has 0 N–H and O–H groups in total. The Balaban J connectivity index is 0.000000640. The lowest BCUT2D eigenvalue weighted by Gasteiger charge is -1.88. The maximum Gasteiger partial charge on any atom is 0.316 e. The van der Waals surface area contributed by atoms with Gasteiger partial charge in [-0.1, -0.05) is 33.6 Å². The van der Waals surface area contributed by atoms with Gasteiger partial charge in [0, 0.05) is 4.47 Å². The topological polar surface area (TPSA) is 0 Å². The molecule has 1 aromatic rings. The fourth-order valence-corrected chi connectivity index (χ4v) is 0.798. The summed E-state index contributed by atoms with van der Waals surface area (Å²) in [5.41, 5.74) is 1.30. The van der Waals surface area contributed by atoms with Crippen LogP contribution in [-0.4, -0.2) is 23.1 Å². The van der Waals surface area contributed by atoms with Crippen LogP contribution in [0.1, 0.15) is 5.56 Å². The molecular formula is C7H9BrMg. The molecule has 0 nitrogen and oxygen atoms in total. The number of benzene rings is 1. The first kappa shape index (κ1) is 9.47. The SMILES string of the molecule is Cc1ccc(Br)cc1.[MgH2]. The highest BCUT2D eigenvalue weighted by Gasteiger charge is 1.81. The standard InChI is InChI=1S/C7H7Br.Mg.2H/c1-6-2-4-7(8)5-3-6;;;/h2-5H,1H3;;;. The van der Waals surface area contributed by atoms with Crippen LogP contribution in [0, 0.1) is 6.92 Å². The molecule has 0 aliphatic rings. The summed E-state index contributed by atoms with van der Waals surface area (Å²) in [4.78, 5) is 0. The molecule has 0 heterocycles. The molecule has 0 fully saturated rings. The van der Waals surface area contributed by atoms with Crippen LogP contribution in [0.25, 0.3) is 0 Å². The summed E-state index contributed by atoms with van der Waals surface area (Å²) in [5.74, 6) is 0. The van der Waals surface area contributed by atoms with Crippen molar-refractivity contribution in [3.63, 3.8) is 0 Å². The van der Waals surface area contributed by atoms with Gasteiger partial charge in [-0.2, -0.15) is 0 Å². The molecule has 0 saturated carbocycles. The van der Waals surface area contributed by atoms with Crippen molar-refractivity contribution >= 4 is 39.0 Å². The fraction of sp³-hybridized carbons (Fsp3) is 0.143. The minimum atomic E-state index is 0. The average Bonchev–Trinajstić information content (AvgIpc) is 1.77. The van der Waals surface area contributed by atoms with Crippen molar-refractivity contribution < 1.29 is 0 Å². The molecule has 0 saturated heterocycles. The van der Waals surface area contributed by atoms with Crippen LogP contribution in [0.2, 0.25) is 0 Å².